The first-order valence-electron chi connectivity index (χ1n) is 10.4. The van der Waals surface area contributed by atoms with Gasteiger partial charge in [0.15, 0.2) is 5.96 Å². The van der Waals surface area contributed by atoms with Crippen molar-refractivity contribution in [1.29, 1.82) is 0 Å². The number of carbonyl (C=O) groups is 2. The molecule has 158 valence electrons. The van der Waals surface area contributed by atoms with Crippen LogP contribution in [0.1, 0.15) is 39.1 Å². The van der Waals surface area contributed by atoms with Gasteiger partial charge in [0.2, 0.25) is 0 Å². The highest BCUT2D eigenvalue weighted by molar-refractivity contribution is 6.21. The quantitative estimate of drug-likeness (QED) is 0.268. The number of nitrogens with zero attached hydrogens (tertiary/aromatic N) is 3. The molecule has 0 bridgehead atoms. The Hall–Kier alpha value is -3.74. The number of pyridine rings is 1. The van der Waals surface area contributed by atoms with Gasteiger partial charge in [-0.05, 0) is 42.7 Å². The molecule has 1 aliphatic heterocycles. The molecular weight excluding hydrogens is 390 g/mol. The number of fused-ring (bicyclic) bond motifs is 2. The standard InChI is InChI=1S/C24H25N5O2/c1-25-24(28-16-17-12-14-26-21-11-5-4-8-18(17)21)27-13-6-7-15-29-22(30)19-9-2-3-10-20(19)23(29)31/h2-5,8-12,14H,6-7,13,15-16H2,1H3,(H2,25,27,28). The van der Waals surface area contributed by atoms with Crippen LogP contribution in [0, 0.1) is 0 Å². The maximum Gasteiger partial charge on any atom is 0.261 e. The number of guanidine groups is 1. The summed E-state index contributed by atoms with van der Waals surface area (Å²) < 4.78 is 0. The molecule has 0 radical (unpaired) electrons. The van der Waals surface area contributed by atoms with Gasteiger partial charge in [-0.1, -0.05) is 30.3 Å². The third kappa shape index (κ3) is 4.40. The molecule has 31 heavy (non-hydrogen) atoms. The van der Waals surface area contributed by atoms with Crippen LogP contribution in [0.15, 0.2) is 65.8 Å². The van der Waals surface area contributed by atoms with Crippen LogP contribution in [0.2, 0.25) is 0 Å². The number of aromatic nitrogens is 1. The van der Waals surface area contributed by atoms with Crippen molar-refractivity contribution in [3.8, 4) is 0 Å². The number of amides is 2. The predicted molar refractivity (Wildman–Crippen MR) is 121 cm³/mol. The van der Waals surface area contributed by atoms with Crippen molar-refractivity contribution in [2.45, 2.75) is 19.4 Å². The number of carbonyl (C=O) groups excluding carboxylic acids is 2. The average molecular weight is 415 g/mol. The van der Waals surface area contributed by atoms with Gasteiger partial charge in [0.1, 0.15) is 0 Å². The van der Waals surface area contributed by atoms with E-state index in [2.05, 4.69) is 26.7 Å². The highest BCUT2D eigenvalue weighted by Gasteiger charge is 2.34. The normalized spacial score (nSPS) is 13.6. The van der Waals surface area contributed by atoms with Crippen molar-refractivity contribution in [3.05, 3.63) is 77.5 Å². The van der Waals surface area contributed by atoms with E-state index in [4.69, 9.17) is 0 Å². The molecule has 0 fully saturated rings. The first kappa shape index (κ1) is 20.5. The largest absolute Gasteiger partial charge is 0.356 e. The predicted octanol–water partition coefficient (Wildman–Crippen LogP) is 2.98. The van der Waals surface area contributed by atoms with E-state index >= 15 is 0 Å². The monoisotopic (exact) mass is 415 g/mol. The van der Waals surface area contributed by atoms with Crippen LogP contribution in [0.25, 0.3) is 10.9 Å². The number of rotatable bonds is 7. The van der Waals surface area contributed by atoms with Gasteiger partial charge in [-0.15, -0.1) is 0 Å². The first-order valence-corrected chi connectivity index (χ1v) is 10.4. The highest BCUT2D eigenvalue weighted by Crippen LogP contribution is 2.22. The van der Waals surface area contributed by atoms with Gasteiger partial charge in [0.25, 0.3) is 11.8 Å². The maximum absolute atomic E-state index is 12.4. The zero-order chi connectivity index (χ0) is 21.6. The van der Waals surface area contributed by atoms with E-state index in [0.29, 0.717) is 36.7 Å². The average Bonchev–Trinajstić information content (AvgIpc) is 3.05. The fourth-order valence-corrected chi connectivity index (χ4v) is 3.75. The molecule has 2 amide bonds. The van der Waals surface area contributed by atoms with E-state index in [0.717, 1.165) is 29.3 Å². The van der Waals surface area contributed by atoms with Crippen molar-refractivity contribution in [2.24, 2.45) is 4.99 Å². The zero-order valence-corrected chi connectivity index (χ0v) is 17.5. The minimum atomic E-state index is -0.199. The molecule has 0 saturated heterocycles. The molecule has 0 spiro atoms. The molecule has 7 heteroatoms. The van der Waals surface area contributed by atoms with Gasteiger partial charge in [0.05, 0.1) is 16.6 Å². The SMILES string of the molecule is CN=C(NCCCCN1C(=O)c2ccccc2C1=O)NCc1ccnc2ccccc12. The summed E-state index contributed by atoms with van der Waals surface area (Å²) in [6, 6.07) is 17.0. The molecule has 0 saturated carbocycles. The van der Waals surface area contributed by atoms with E-state index in [1.807, 2.05) is 30.5 Å². The number of para-hydroxylation sites is 1. The van der Waals surface area contributed by atoms with E-state index in [-0.39, 0.29) is 11.8 Å². The Morgan fingerprint density at radius 2 is 1.65 bits per heavy atom. The highest BCUT2D eigenvalue weighted by atomic mass is 16.2. The lowest BCUT2D eigenvalue weighted by Crippen LogP contribution is -2.37. The zero-order valence-electron chi connectivity index (χ0n) is 17.5. The number of nitrogens with one attached hydrogen (secondary N) is 2. The van der Waals surface area contributed by atoms with Crippen molar-refractivity contribution < 1.29 is 9.59 Å². The topological polar surface area (TPSA) is 86.7 Å². The summed E-state index contributed by atoms with van der Waals surface area (Å²) in [6.45, 7) is 1.75. The van der Waals surface area contributed by atoms with Crippen molar-refractivity contribution in [1.82, 2.24) is 20.5 Å². The Morgan fingerprint density at radius 1 is 0.935 bits per heavy atom. The van der Waals surface area contributed by atoms with Crippen molar-refractivity contribution in [2.75, 3.05) is 20.1 Å². The van der Waals surface area contributed by atoms with Crippen LogP contribution in [-0.4, -0.2) is 47.8 Å². The second kappa shape index (κ2) is 9.38. The Labute approximate surface area is 181 Å². The Balaban J connectivity index is 1.22. The lowest BCUT2D eigenvalue weighted by Gasteiger charge is -2.15. The summed E-state index contributed by atoms with van der Waals surface area (Å²) in [7, 11) is 1.73. The Bertz CT molecular complexity index is 1100. The van der Waals surface area contributed by atoms with Gasteiger partial charge >= 0.3 is 0 Å². The summed E-state index contributed by atoms with van der Waals surface area (Å²) >= 11 is 0. The van der Waals surface area contributed by atoms with Crippen molar-refractivity contribution >= 4 is 28.7 Å². The van der Waals surface area contributed by atoms with Crippen LogP contribution in [-0.2, 0) is 6.54 Å². The van der Waals surface area contributed by atoms with Crippen molar-refractivity contribution in [3.63, 3.8) is 0 Å². The minimum Gasteiger partial charge on any atom is -0.356 e. The summed E-state index contributed by atoms with van der Waals surface area (Å²) in [4.78, 5) is 34.8. The number of hydrogen-bond acceptors (Lipinski definition) is 4. The van der Waals surface area contributed by atoms with E-state index in [1.54, 1.807) is 31.3 Å². The van der Waals surface area contributed by atoms with Crippen LogP contribution >= 0.6 is 0 Å². The lowest BCUT2D eigenvalue weighted by molar-refractivity contribution is 0.0652. The molecule has 1 aromatic heterocycles. The summed E-state index contributed by atoms with van der Waals surface area (Å²) in [5, 5.41) is 7.74. The van der Waals surface area contributed by atoms with Gasteiger partial charge in [0, 0.05) is 38.3 Å². The number of benzene rings is 2. The number of aliphatic imine (C=N–C) groups is 1. The van der Waals surface area contributed by atoms with Gasteiger partial charge < -0.3 is 10.6 Å². The molecule has 2 heterocycles. The Kier molecular flexibility index (Phi) is 6.21. The van der Waals surface area contributed by atoms with Crippen LogP contribution in [0.5, 0.6) is 0 Å². The lowest BCUT2D eigenvalue weighted by atomic mass is 10.1. The fourth-order valence-electron chi connectivity index (χ4n) is 3.75. The molecule has 2 N–H and O–H groups in total. The maximum atomic E-state index is 12.4. The third-order valence-corrected chi connectivity index (χ3v) is 5.39. The molecule has 0 atom stereocenters. The van der Waals surface area contributed by atoms with Gasteiger partial charge in [-0.2, -0.15) is 0 Å². The van der Waals surface area contributed by atoms with Crippen LogP contribution in [0.3, 0.4) is 0 Å². The third-order valence-electron chi connectivity index (χ3n) is 5.39. The van der Waals surface area contributed by atoms with E-state index in [9.17, 15) is 9.59 Å². The number of hydrogen-bond donors (Lipinski definition) is 2. The molecule has 2 aromatic carbocycles. The van der Waals surface area contributed by atoms with Crippen LogP contribution in [0.4, 0.5) is 0 Å². The minimum absolute atomic E-state index is 0.199. The fraction of sp³-hybridized carbons (Fsp3) is 0.250. The Morgan fingerprint density at radius 3 is 2.39 bits per heavy atom. The molecule has 1 aliphatic rings. The van der Waals surface area contributed by atoms with E-state index in [1.165, 1.54) is 4.90 Å². The molecule has 4 rings (SSSR count). The smallest absolute Gasteiger partial charge is 0.261 e. The van der Waals surface area contributed by atoms with Crippen LogP contribution < -0.4 is 10.6 Å². The summed E-state index contributed by atoms with van der Waals surface area (Å²) in [5.74, 6) is 0.313. The molecule has 3 aromatic rings. The second-order valence-electron chi connectivity index (χ2n) is 7.35. The first-order chi connectivity index (χ1) is 15.2. The van der Waals surface area contributed by atoms with Gasteiger partial charge in [-0.25, -0.2) is 0 Å². The molecule has 0 unspecified atom stereocenters. The molecule has 0 aliphatic carbocycles. The van der Waals surface area contributed by atoms with Gasteiger partial charge in [-0.3, -0.25) is 24.5 Å². The number of imide groups is 1. The molecular formula is C24H25N5O2. The summed E-state index contributed by atoms with van der Waals surface area (Å²) in [5.41, 5.74) is 3.12. The number of unbranched alkanes of at least 4 members (excludes halogenated alkanes) is 1. The van der Waals surface area contributed by atoms with E-state index < -0.39 is 0 Å². The molecule has 7 nitrogen and oxygen atoms in total. The second-order valence-corrected chi connectivity index (χ2v) is 7.35. The summed E-state index contributed by atoms with van der Waals surface area (Å²) in [6.07, 6.45) is 3.35.